The fraction of sp³-hybridized carbons (Fsp3) is 0.615. The Kier molecular flexibility index (Phi) is 4.46. The highest BCUT2D eigenvalue weighted by atomic mass is 16.4. The van der Waals surface area contributed by atoms with Gasteiger partial charge in [0.05, 0.1) is 18.8 Å². The van der Waals surface area contributed by atoms with E-state index < -0.39 is 18.0 Å². The molecule has 0 radical (unpaired) electrons. The van der Waals surface area contributed by atoms with Crippen LogP contribution in [0, 0.1) is 5.92 Å². The van der Waals surface area contributed by atoms with E-state index in [1.54, 1.807) is 13.2 Å². The molecule has 1 aromatic heterocycles. The Hall–Kier alpha value is -2.09. The van der Waals surface area contributed by atoms with Gasteiger partial charge in [-0.05, 0) is 12.3 Å². The van der Waals surface area contributed by atoms with Crippen molar-refractivity contribution in [1.82, 2.24) is 20.0 Å². The molecule has 116 valence electrons. The van der Waals surface area contributed by atoms with Crippen LogP contribution in [0.2, 0.25) is 0 Å². The van der Waals surface area contributed by atoms with Gasteiger partial charge in [0.2, 0.25) is 0 Å². The number of aliphatic carboxylic acids is 1. The molecule has 1 aromatic rings. The number of carboxylic acids is 1. The summed E-state index contributed by atoms with van der Waals surface area (Å²) in [6, 6.07) is -1.90. The molecule has 1 fully saturated rings. The number of nitrogens with one attached hydrogen (secondary N) is 1. The number of urea groups is 1. The summed E-state index contributed by atoms with van der Waals surface area (Å²) in [6.07, 6.45) is 3.76. The zero-order valence-corrected chi connectivity index (χ0v) is 12.1. The number of carboxylic acid groups (broad SMARTS) is 1. The molecular formula is C13H20N4O4. The Balaban J connectivity index is 2.10. The number of hydrogen-bond donors (Lipinski definition) is 3. The van der Waals surface area contributed by atoms with Gasteiger partial charge < -0.3 is 20.4 Å². The van der Waals surface area contributed by atoms with Gasteiger partial charge in [-0.3, -0.25) is 4.68 Å². The van der Waals surface area contributed by atoms with Crippen LogP contribution in [0.5, 0.6) is 0 Å². The van der Waals surface area contributed by atoms with Crippen molar-refractivity contribution in [1.29, 1.82) is 0 Å². The summed E-state index contributed by atoms with van der Waals surface area (Å²) < 4.78 is 1.48. The van der Waals surface area contributed by atoms with E-state index in [4.69, 9.17) is 0 Å². The zero-order chi connectivity index (χ0) is 15.6. The Labute approximate surface area is 122 Å². The third-order valence-electron chi connectivity index (χ3n) is 3.90. The first kappa shape index (κ1) is 15.3. The molecule has 8 nitrogen and oxygen atoms in total. The van der Waals surface area contributed by atoms with E-state index >= 15 is 0 Å². The smallest absolute Gasteiger partial charge is 0.331 e. The van der Waals surface area contributed by atoms with Crippen LogP contribution >= 0.6 is 0 Å². The number of nitrogens with zero attached hydrogens (tertiary/aromatic N) is 3. The van der Waals surface area contributed by atoms with Crippen LogP contribution in [-0.4, -0.2) is 56.1 Å². The molecular weight excluding hydrogens is 276 g/mol. The molecule has 0 bridgehead atoms. The molecule has 3 unspecified atom stereocenters. The fourth-order valence-corrected chi connectivity index (χ4v) is 2.62. The molecule has 1 aliphatic rings. The molecule has 2 amide bonds. The summed E-state index contributed by atoms with van der Waals surface area (Å²) >= 11 is 0. The maximum Gasteiger partial charge on any atom is 0.331 e. The number of aliphatic hydroxyl groups excluding tert-OH is 1. The number of aryl methyl sites for hydroxylation is 1. The van der Waals surface area contributed by atoms with Crippen LogP contribution in [0.4, 0.5) is 4.79 Å². The average molecular weight is 296 g/mol. The monoisotopic (exact) mass is 296 g/mol. The highest BCUT2D eigenvalue weighted by Gasteiger charge is 2.35. The second kappa shape index (κ2) is 6.13. The number of aromatic nitrogens is 2. The van der Waals surface area contributed by atoms with E-state index in [9.17, 15) is 19.8 Å². The highest BCUT2D eigenvalue weighted by molar-refractivity contribution is 5.83. The summed E-state index contributed by atoms with van der Waals surface area (Å²) in [7, 11) is 1.67. The van der Waals surface area contributed by atoms with Crippen molar-refractivity contribution < 1.29 is 19.8 Å². The molecule has 8 heteroatoms. The third-order valence-corrected chi connectivity index (χ3v) is 3.90. The van der Waals surface area contributed by atoms with E-state index in [-0.39, 0.29) is 18.6 Å². The first-order valence-electron chi connectivity index (χ1n) is 6.83. The Morgan fingerprint density at radius 3 is 2.81 bits per heavy atom. The summed E-state index contributed by atoms with van der Waals surface area (Å²) in [5.41, 5.74) is 0.408. The summed E-state index contributed by atoms with van der Waals surface area (Å²) in [6.45, 7) is 2.35. The van der Waals surface area contributed by atoms with Crippen molar-refractivity contribution in [3.8, 4) is 0 Å². The van der Waals surface area contributed by atoms with Crippen molar-refractivity contribution in [2.45, 2.75) is 25.4 Å². The van der Waals surface area contributed by atoms with E-state index in [1.165, 1.54) is 15.8 Å². The van der Waals surface area contributed by atoms with Gasteiger partial charge in [-0.1, -0.05) is 6.92 Å². The predicted molar refractivity (Wildman–Crippen MR) is 73.5 cm³/mol. The van der Waals surface area contributed by atoms with Gasteiger partial charge in [0.1, 0.15) is 0 Å². The molecule has 2 heterocycles. The van der Waals surface area contributed by atoms with Crippen LogP contribution in [0.25, 0.3) is 0 Å². The molecule has 0 aromatic carbocycles. The second-order valence-electron chi connectivity index (χ2n) is 5.38. The number of carbonyl (C=O) groups excluding carboxylic acids is 1. The molecule has 21 heavy (non-hydrogen) atoms. The Morgan fingerprint density at radius 2 is 2.29 bits per heavy atom. The van der Waals surface area contributed by atoms with Crippen LogP contribution in [0.3, 0.4) is 0 Å². The summed E-state index contributed by atoms with van der Waals surface area (Å²) in [5.74, 6) is -0.952. The average Bonchev–Trinajstić information content (AvgIpc) is 3.01. The minimum absolute atomic E-state index is 0.126. The number of aliphatic hydroxyl groups is 1. The van der Waals surface area contributed by atoms with Crippen LogP contribution in [-0.2, 0) is 11.8 Å². The quantitative estimate of drug-likeness (QED) is 0.722. The largest absolute Gasteiger partial charge is 0.479 e. The van der Waals surface area contributed by atoms with E-state index in [1.807, 2.05) is 6.92 Å². The predicted octanol–water partition coefficient (Wildman–Crippen LogP) is -0.0419. The lowest BCUT2D eigenvalue weighted by Gasteiger charge is -2.26. The summed E-state index contributed by atoms with van der Waals surface area (Å²) in [5, 5.41) is 25.1. The highest BCUT2D eigenvalue weighted by Crippen LogP contribution is 2.24. The minimum Gasteiger partial charge on any atom is -0.479 e. The van der Waals surface area contributed by atoms with Gasteiger partial charge in [-0.2, -0.15) is 5.10 Å². The molecule has 0 saturated carbocycles. The van der Waals surface area contributed by atoms with Crippen LogP contribution < -0.4 is 5.32 Å². The summed E-state index contributed by atoms with van der Waals surface area (Å²) in [4.78, 5) is 25.1. The molecule has 1 saturated heterocycles. The number of rotatable bonds is 4. The van der Waals surface area contributed by atoms with Gasteiger partial charge in [0.25, 0.3) is 0 Å². The topological polar surface area (TPSA) is 108 Å². The van der Waals surface area contributed by atoms with Crippen molar-refractivity contribution in [3.63, 3.8) is 0 Å². The molecule has 2 rings (SSSR count). The normalized spacial score (nSPS) is 23.1. The van der Waals surface area contributed by atoms with Gasteiger partial charge in [-0.25, -0.2) is 9.59 Å². The fourth-order valence-electron chi connectivity index (χ4n) is 2.62. The lowest BCUT2D eigenvalue weighted by molar-refractivity contribution is -0.139. The molecule has 1 aliphatic heterocycles. The van der Waals surface area contributed by atoms with Crippen molar-refractivity contribution in [3.05, 3.63) is 18.0 Å². The lowest BCUT2D eigenvalue weighted by atomic mass is 10.0. The maximum absolute atomic E-state index is 12.3. The van der Waals surface area contributed by atoms with Gasteiger partial charge in [-0.15, -0.1) is 0 Å². The molecule has 3 N–H and O–H groups in total. The van der Waals surface area contributed by atoms with E-state index in [0.29, 0.717) is 12.1 Å². The standard InChI is InChI=1S/C13H20N4O4/c1-8-3-4-17(10(8)7-18)13(21)15-11(12(19)20)9-5-14-16(2)6-9/h5-6,8,10-11,18H,3-4,7H2,1-2H3,(H,15,21)(H,19,20). The van der Waals surface area contributed by atoms with Crippen molar-refractivity contribution in [2.75, 3.05) is 13.2 Å². The molecule has 3 atom stereocenters. The second-order valence-corrected chi connectivity index (χ2v) is 5.38. The first-order chi connectivity index (χ1) is 9.93. The van der Waals surface area contributed by atoms with Gasteiger partial charge in [0.15, 0.2) is 6.04 Å². The number of hydrogen-bond acceptors (Lipinski definition) is 4. The number of amides is 2. The third kappa shape index (κ3) is 3.15. The van der Waals surface area contributed by atoms with E-state index in [0.717, 1.165) is 6.42 Å². The molecule has 0 aliphatic carbocycles. The molecule has 0 spiro atoms. The van der Waals surface area contributed by atoms with E-state index in [2.05, 4.69) is 10.4 Å². The first-order valence-corrected chi connectivity index (χ1v) is 6.83. The lowest BCUT2D eigenvalue weighted by Crippen LogP contribution is -2.47. The van der Waals surface area contributed by atoms with Gasteiger partial charge in [0, 0.05) is 25.4 Å². The number of likely N-dealkylation sites (tertiary alicyclic amines) is 1. The Bertz CT molecular complexity index is 530. The van der Waals surface area contributed by atoms with Crippen molar-refractivity contribution in [2.24, 2.45) is 13.0 Å². The zero-order valence-electron chi connectivity index (χ0n) is 12.1. The minimum atomic E-state index is -1.15. The van der Waals surface area contributed by atoms with Crippen LogP contribution in [0.1, 0.15) is 24.9 Å². The maximum atomic E-state index is 12.3. The van der Waals surface area contributed by atoms with Crippen molar-refractivity contribution >= 4 is 12.0 Å². The Morgan fingerprint density at radius 1 is 1.57 bits per heavy atom. The SMILES string of the molecule is CC1CCN(C(=O)NC(C(=O)O)c2cnn(C)c2)C1CO. The van der Waals surface area contributed by atoms with Gasteiger partial charge >= 0.3 is 12.0 Å². The van der Waals surface area contributed by atoms with Crippen LogP contribution in [0.15, 0.2) is 12.4 Å². The number of carbonyl (C=O) groups is 2.